The van der Waals surface area contributed by atoms with E-state index in [1.54, 1.807) is 12.1 Å². The zero-order valence-corrected chi connectivity index (χ0v) is 6.83. The fourth-order valence-corrected chi connectivity index (χ4v) is 1.03. The average Bonchev–Trinajstić information content (AvgIpc) is 2.07. The molecule has 12 heavy (non-hydrogen) atoms. The van der Waals surface area contributed by atoms with E-state index in [1.165, 1.54) is 0 Å². The molecule has 3 nitrogen and oxygen atoms in total. The van der Waals surface area contributed by atoms with Crippen LogP contribution < -0.4 is 5.73 Å². The summed E-state index contributed by atoms with van der Waals surface area (Å²) in [6, 6.07) is 5.15. The Balaban J connectivity index is 2.69. The number of hydrogen-bond acceptors (Lipinski definition) is 3. The van der Waals surface area contributed by atoms with Gasteiger partial charge in [0.15, 0.2) is 0 Å². The summed E-state index contributed by atoms with van der Waals surface area (Å²) in [5.74, 6) is 0.116. The van der Waals surface area contributed by atoms with Gasteiger partial charge in [-0.2, -0.15) is 0 Å². The Morgan fingerprint density at radius 1 is 1.33 bits per heavy atom. The Hall–Kier alpha value is -1.22. The maximum absolute atomic E-state index is 9.21. The van der Waals surface area contributed by atoms with Crippen LogP contribution in [-0.4, -0.2) is 16.8 Å². The molecule has 1 aromatic carbocycles. The highest BCUT2D eigenvalue weighted by molar-refractivity contribution is 5.52. The smallest absolute Gasteiger partial charge is 0.138 e. The van der Waals surface area contributed by atoms with E-state index in [9.17, 15) is 5.11 Å². The van der Waals surface area contributed by atoms with Crippen LogP contribution in [0.4, 0.5) is 5.69 Å². The Morgan fingerprint density at radius 3 is 2.67 bits per heavy atom. The maximum Gasteiger partial charge on any atom is 0.138 e. The van der Waals surface area contributed by atoms with Crippen molar-refractivity contribution in [3.63, 3.8) is 0 Å². The van der Waals surface area contributed by atoms with Gasteiger partial charge in [-0.1, -0.05) is 6.07 Å². The van der Waals surface area contributed by atoms with E-state index >= 15 is 0 Å². The van der Waals surface area contributed by atoms with E-state index < -0.39 is 0 Å². The summed E-state index contributed by atoms with van der Waals surface area (Å²) in [5, 5.41) is 17.8. The largest absolute Gasteiger partial charge is 0.506 e. The van der Waals surface area contributed by atoms with Crippen LogP contribution in [0.1, 0.15) is 12.0 Å². The van der Waals surface area contributed by atoms with Crippen molar-refractivity contribution in [1.82, 2.24) is 0 Å². The molecular formula is C9H13NO2. The first-order valence-electron chi connectivity index (χ1n) is 3.92. The Labute approximate surface area is 71.5 Å². The summed E-state index contributed by atoms with van der Waals surface area (Å²) in [4.78, 5) is 0. The second-order valence-corrected chi connectivity index (χ2v) is 2.72. The number of aliphatic hydroxyl groups is 1. The third-order valence-electron chi connectivity index (χ3n) is 1.72. The van der Waals surface area contributed by atoms with Crippen LogP contribution in [0.3, 0.4) is 0 Å². The second kappa shape index (κ2) is 3.97. The minimum atomic E-state index is 0.116. The van der Waals surface area contributed by atoms with Crippen LogP contribution in [0, 0.1) is 0 Å². The molecule has 0 amide bonds. The molecule has 1 rings (SSSR count). The van der Waals surface area contributed by atoms with Crippen molar-refractivity contribution in [2.45, 2.75) is 12.8 Å². The maximum atomic E-state index is 9.21. The fraction of sp³-hybridized carbons (Fsp3) is 0.333. The van der Waals surface area contributed by atoms with Gasteiger partial charge in [0.2, 0.25) is 0 Å². The topological polar surface area (TPSA) is 66.5 Å². The summed E-state index contributed by atoms with van der Waals surface area (Å²) < 4.78 is 0. The molecule has 0 aliphatic heterocycles. The van der Waals surface area contributed by atoms with Gasteiger partial charge in [-0.05, 0) is 30.5 Å². The Bertz CT molecular complexity index is 261. The first-order valence-corrected chi connectivity index (χ1v) is 3.92. The van der Waals surface area contributed by atoms with E-state index in [0.29, 0.717) is 12.1 Å². The van der Waals surface area contributed by atoms with Gasteiger partial charge < -0.3 is 15.9 Å². The summed E-state index contributed by atoms with van der Waals surface area (Å²) in [6.07, 6.45) is 1.48. The minimum Gasteiger partial charge on any atom is -0.506 e. The lowest BCUT2D eigenvalue weighted by Crippen LogP contribution is -1.91. The van der Waals surface area contributed by atoms with E-state index in [1.807, 2.05) is 6.07 Å². The summed E-state index contributed by atoms with van der Waals surface area (Å²) in [6.45, 7) is 0.172. The number of phenolic OH excluding ortho intramolecular Hbond substituents is 1. The molecule has 1 aromatic rings. The first kappa shape index (κ1) is 8.87. The van der Waals surface area contributed by atoms with Crippen molar-refractivity contribution in [2.75, 3.05) is 12.3 Å². The van der Waals surface area contributed by atoms with Gasteiger partial charge in [-0.25, -0.2) is 0 Å². The zero-order valence-electron chi connectivity index (χ0n) is 6.83. The minimum absolute atomic E-state index is 0.116. The van der Waals surface area contributed by atoms with Crippen LogP contribution in [0.15, 0.2) is 18.2 Å². The summed E-state index contributed by atoms with van der Waals surface area (Å²) >= 11 is 0. The van der Waals surface area contributed by atoms with E-state index in [4.69, 9.17) is 10.8 Å². The van der Waals surface area contributed by atoms with Crippen LogP contribution in [-0.2, 0) is 6.42 Å². The highest BCUT2D eigenvalue weighted by Crippen LogP contribution is 2.21. The predicted octanol–water partition coefficient (Wildman–Crippen LogP) is 0.899. The van der Waals surface area contributed by atoms with Crippen LogP contribution in [0.2, 0.25) is 0 Å². The Morgan fingerprint density at radius 2 is 2.08 bits per heavy atom. The fourth-order valence-electron chi connectivity index (χ4n) is 1.03. The SMILES string of the molecule is Nc1ccc(CCCO)cc1O. The zero-order chi connectivity index (χ0) is 8.97. The molecule has 0 aliphatic rings. The predicted molar refractivity (Wildman–Crippen MR) is 47.9 cm³/mol. The van der Waals surface area contributed by atoms with Gasteiger partial charge in [0.25, 0.3) is 0 Å². The standard InChI is InChI=1S/C9H13NO2/c10-8-4-3-7(2-1-5-11)6-9(8)12/h3-4,6,11-12H,1-2,5,10H2. The van der Waals surface area contributed by atoms with E-state index in [0.717, 1.165) is 12.0 Å². The van der Waals surface area contributed by atoms with Gasteiger partial charge >= 0.3 is 0 Å². The molecule has 0 fully saturated rings. The number of aryl methyl sites for hydroxylation is 1. The van der Waals surface area contributed by atoms with E-state index in [2.05, 4.69) is 0 Å². The second-order valence-electron chi connectivity index (χ2n) is 2.72. The highest BCUT2D eigenvalue weighted by atomic mass is 16.3. The summed E-state index contributed by atoms with van der Waals surface area (Å²) in [5.41, 5.74) is 6.81. The number of hydrogen-bond donors (Lipinski definition) is 3. The monoisotopic (exact) mass is 167 g/mol. The van der Waals surface area contributed by atoms with Crippen LogP contribution in [0.5, 0.6) is 5.75 Å². The van der Waals surface area contributed by atoms with Gasteiger partial charge in [0.1, 0.15) is 5.75 Å². The third kappa shape index (κ3) is 2.13. The lowest BCUT2D eigenvalue weighted by molar-refractivity contribution is 0.288. The lowest BCUT2D eigenvalue weighted by Gasteiger charge is -2.02. The molecule has 0 radical (unpaired) electrons. The van der Waals surface area contributed by atoms with Gasteiger partial charge in [-0.3, -0.25) is 0 Å². The molecule has 0 saturated carbocycles. The van der Waals surface area contributed by atoms with Crippen molar-refractivity contribution >= 4 is 5.69 Å². The van der Waals surface area contributed by atoms with Crippen molar-refractivity contribution in [3.05, 3.63) is 23.8 Å². The van der Waals surface area contributed by atoms with Gasteiger partial charge in [0, 0.05) is 6.61 Å². The molecule has 0 aliphatic carbocycles. The molecule has 3 heteroatoms. The Kier molecular flexibility index (Phi) is 2.94. The van der Waals surface area contributed by atoms with Crippen molar-refractivity contribution in [3.8, 4) is 5.75 Å². The average molecular weight is 167 g/mol. The molecule has 66 valence electrons. The van der Waals surface area contributed by atoms with E-state index in [-0.39, 0.29) is 12.4 Å². The normalized spacial score (nSPS) is 10.1. The van der Waals surface area contributed by atoms with Crippen molar-refractivity contribution in [2.24, 2.45) is 0 Å². The number of nitrogens with two attached hydrogens (primary N) is 1. The quantitative estimate of drug-likeness (QED) is 0.463. The highest BCUT2D eigenvalue weighted by Gasteiger charge is 1.97. The molecule has 0 bridgehead atoms. The number of phenols is 1. The molecule has 0 heterocycles. The molecule has 4 N–H and O–H groups in total. The third-order valence-corrected chi connectivity index (χ3v) is 1.72. The number of nitrogen functional groups attached to an aromatic ring is 1. The van der Waals surface area contributed by atoms with Crippen LogP contribution in [0.25, 0.3) is 0 Å². The molecular weight excluding hydrogens is 154 g/mol. The summed E-state index contributed by atoms with van der Waals surface area (Å²) in [7, 11) is 0. The van der Waals surface area contributed by atoms with Gasteiger partial charge in [0.05, 0.1) is 5.69 Å². The molecule has 0 unspecified atom stereocenters. The van der Waals surface area contributed by atoms with Gasteiger partial charge in [-0.15, -0.1) is 0 Å². The number of rotatable bonds is 3. The van der Waals surface area contributed by atoms with Crippen LogP contribution >= 0.6 is 0 Å². The lowest BCUT2D eigenvalue weighted by atomic mass is 10.1. The molecule has 0 atom stereocenters. The number of benzene rings is 1. The molecule has 0 saturated heterocycles. The number of anilines is 1. The molecule has 0 spiro atoms. The van der Waals surface area contributed by atoms with Crippen molar-refractivity contribution < 1.29 is 10.2 Å². The first-order chi connectivity index (χ1) is 5.74. The van der Waals surface area contributed by atoms with Crippen molar-refractivity contribution in [1.29, 1.82) is 0 Å². The molecule has 0 aromatic heterocycles. The number of aliphatic hydroxyl groups excluding tert-OH is 1. The number of aromatic hydroxyl groups is 1.